The van der Waals surface area contributed by atoms with Gasteiger partial charge in [-0.1, -0.05) is 12.1 Å². The highest BCUT2D eigenvalue weighted by molar-refractivity contribution is 6.07. The fourth-order valence-corrected chi connectivity index (χ4v) is 2.05. The molecule has 3 N–H and O–H groups in total. The van der Waals surface area contributed by atoms with E-state index in [1.165, 1.54) is 19.2 Å². The molecule has 0 aliphatic heterocycles. The Morgan fingerprint density at radius 1 is 1.14 bits per heavy atom. The monoisotopic (exact) mass is 301 g/mol. The van der Waals surface area contributed by atoms with Gasteiger partial charge in [0.15, 0.2) is 0 Å². The minimum Gasteiger partial charge on any atom is -0.507 e. The van der Waals surface area contributed by atoms with Gasteiger partial charge in [-0.25, -0.2) is 4.79 Å². The van der Waals surface area contributed by atoms with Crippen LogP contribution in [0.4, 0.5) is 5.69 Å². The van der Waals surface area contributed by atoms with E-state index in [1.54, 1.807) is 31.2 Å². The number of phenols is 1. The Morgan fingerprint density at radius 2 is 1.82 bits per heavy atom. The maximum absolute atomic E-state index is 12.3. The number of para-hydroxylation sites is 1. The number of carboxylic acids is 1. The average molecular weight is 301 g/mol. The van der Waals surface area contributed by atoms with Crippen LogP contribution in [-0.4, -0.2) is 29.2 Å². The van der Waals surface area contributed by atoms with Gasteiger partial charge in [-0.3, -0.25) is 4.79 Å². The number of benzene rings is 2. The highest BCUT2D eigenvalue weighted by atomic mass is 16.5. The number of hydrogen-bond donors (Lipinski definition) is 3. The first-order valence-corrected chi connectivity index (χ1v) is 6.45. The van der Waals surface area contributed by atoms with Gasteiger partial charge < -0.3 is 20.3 Å². The lowest BCUT2D eigenvalue weighted by Crippen LogP contribution is -2.14. The van der Waals surface area contributed by atoms with Gasteiger partial charge in [0, 0.05) is 5.69 Å². The van der Waals surface area contributed by atoms with Crippen molar-refractivity contribution in [3.8, 4) is 11.5 Å². The number of amides is 1. The molecule has 0 aromatic heterocycles. The van der Waals surface area contributed by atoms with E-state index in [9.17, 15) is 14.7 Å². The zero-order chi connectivity index (χ0) is 16.3. The highest BCUT2D eigenvalue weighted by Gasteiger charge is 2.16. The SMILES string of the molecule is COc1ccccc1C(=O)Nc1cc(C)c(O)c(C(=O)O)c1. The molecule has 1 amide bonds. The van der Waals surface area contributed by atoms with Crippen LogP contribution in [0.1, 0.15) is 26.3 Å². The maximum atomic E-state index is 12.3. The van der Waals surface area contributed by atoms with E-state index in [2.05, 4.69) is 5.32 Å². The van der Waals surface area contributed by atoms with Crippen LogP contribution in [0.15, 0.2) is 36.4 Å². The lowest BCUT2D eigenvalue weighted by atomic mass is 10.1. The molecule has 6 heteroatoms. The van der Waals surface area contributed by atoms with Gasteiger partial charge >= 0.3 is 5.97 Å². The third-order valence-corrected chi connectivity index (χ3v) is 3.14. The Morgan fingerprint density at radius 3 is 2.45 bits per heavy atom. The molecule has 0 fully saturated rings. The molecule has 0 radical (unpaired) electrons. The van der Waals surface area contributed by atoms with Crippen LogP contribution in [0.3, 0.4) is 0 Å². The van der Waals surface area contributed by atoms with E-state index in [4.69, 9.17) is 9.84 Å². The minimum absolute atomic E-state index is 0.268. The van der Waals surface area contributed by atoms with Crippen LogP contribution in [0.2, 0.25) is 0 Å². The minimum atomic E-state index is -1.27. The Bertz CT molecular complexity index is 739. The number of hydrogen-bond acceptors (Lipinski definition) is 4. The first-order chi connectivity index (χ1) is 10.4. The number of aromatic hydroxyl groups is 1. The second-order valence-corrected chi connectivity index (χ2v) is 4.65. The standard InChI is InChI=1S/C16H15NO5/c1-9-7-10(8-12(14(9)18)16(20)21)17-15(19)11-5-3-4-6-13(11)22-2/h3-8,18H,1-2H3,(H,17,19)(H,20,21). The van der Waals surface area contributed by atoms with Gasteiger partial charge in [0.2, 0.25) is 0 Å². The van der Waals surface area contributed by atoms with Crippen LogP contribution < -0.4 is 10.1 Å². The van der Waals surface area contributed by atoms with E-state index in [-0.39, 0.29) is 17.0 Å². The second-order valence-electron chi connectivity index (χ2n) is 4.65. The fourth-order valence-electron chi connectivity index (χ4n) is 2.05. The van der Waals surface area contributed by atoms with E-state index < -0.39 is 11.9 Å². The molecular weight excluding hydrogens is 286 g/mol. The quantitative estimate of drug-likeness (QED) is 0.754. The molecule has 0 spiro atoms. The number of aryl methyl sites for hydroxylation is 1. The summed E-state index contributed by atoms with van der Waals surface area (Å²) in [6.07, 6.45) is 0. The summed E-state index contributed by atoms with van der Waals surface area (Å²) >= 11 is 0. The summed E-state index contributed by atoms with van der Waals surface area (Å²) in [4.78, 5) is 23.4. The first kappa shape index (κ1) is 15.4. The third-order valence-electron chi connectivity index (χ3n) is 3.14. The van der Waals surface area contributed by atoms with Crippen molar-refractivity contribution in [1.29, 1.82) is 0 Å². The van der Waals surface area contributed by atoms with Crippen molar-refractivity contribution < 1.29 is 24.5 Å². The molecule has 0 saturated heterocycles. The van der Waals surface area contributed by atoms with Crippen molar-refractivity contribution in [1.82, 2.24) is 0 Å². The summed E-state index contributed by atoms with van der Waals surface area (Å²) < 4.78 is 5.11. The zero-order valence-corrected chi connectivity index (χ0v) is 12.1. The predicted octanol–water partition coefficient (Wildman–Crippen LogP) is 2.66. The molecular formula is C16H15NO5. The lowest BCUT2D eigenvalue weighted by molar-refractivity contribution is 0.0693. The largest absolute Gasteiger partial charge is 0.507 e. The number of rotatable bonds is 4. The van der Waals surface area contributed by atoms with E-state index in [0.717, 1.165) is 0 Å². The molecule has 0 atom stereocenters. The number of nitrogens with one attached hydrogen (secondary N) is 1. The molecule has 6 nitrogen and oxygen atoms in total. The van der Waals surface area contributed by atoms with E-state index in [1.807, 2.05) is 0 Å². The van der Waals surface area contributed by atoms with Gasteiger partial charge in [0.1, 0.15) is 17.1 Å². The van der Waals surface area contributed by atoms with Crippen LogP contribution in [0, 0.1) is 6.92 Å². The molecule has 2 rings (SSSR count). The highest BCUT2D eigenvalue weighted by Crippen LogP contribution is 2.27. The molecule has 0 aliphatic carbocycles. The first-order valence-electron chi connectivity index (χ1n) is 6.45. The Balaban J connectivity index is 2.35. The van der Waals surface area contributed by atoms with Crippen LogP contribution in [0.5, 0.6) is 11.5 Å². The van der Waals surface area contributed by atoms with Gasteiger partial charge in [-0.2, -0.15) is 0 Å². The predicted molar refractivity (Wildman–Crippen MR) is 80.8 cm³/mol. The van der Waals surface area contributed by atoms with Gasteiger partial charge in [-0.05, 0) is 36.8 Å². The average Bonchev–Trinajstić information content (AvgIpc) is 2.50. The molecule has 0 aliphatic rings. The van der Waals surface area contributed by atoms with Crippen molar-refractivity contribution >= 4 is 17.6 Å². The molecule has 0 heterocycles. The normalized spacial score (nSPS) is 10.1. The third kappa shape index (κ3) is 3.01. The van der Waals surface area contributed by atoms with Crippen molar-refractivity contribution in [2.45, 2.75) is 6.92 Å². The Hall–Kier alpha value is -3.02. The number of methoxy groups -OCH3 is 1. The number of carboxylic acid groups (broad SMARTS) is 1. The summed E-state index contributed by atoms with van der Waals surface area (Å²) in [5, 5.41) is 21.4. The van der Waals surface area contributed by atoms with Gasteiger partial charge in [0.05, 0.1) is 12.7 Å². The number of ether oxygens (including phenoxy) is 1. The van der Waals surface area contributed by atoms with Crippen LogP contribution >= 0.6 is 0 Å². The summed E-state index contributed by atoms with van der Waals surface area (Å²) in [6.45, 7) is 1.56. The van der Waals surface area contributed by atoms with Crippen molar-refractivity contribution in [2.24, 2.45) is 0 Å². The Labute approximate surface area is 127 Å². The molecule has 0 bridgehead atoms. The number of anilines is 1. The second kappa shape index (κ2) is 6.17. The number of carbonyl (C=O) groups excluding carboxylic acids is 1. The summed E-state index contributed by atoms with van der Waals surface area (Å²) in [5.41, 5.74) is 0.696. The van der Waals surface area contributed by atoms with Crippen LogP contribution in [-0.2, 0) is 0 Å². The summed E-state index contributed by atoms with van der Waals surface area (Å²) in [5.74, 6) is -1.61. The fraction of sp³-hybridized carbons (Fsp3) is 0.125. The summed E-state index contributed by atoms with van der Waals surface area (Å²) in [6, 6.07) is 9.39. The molecule has 0 saturated carbocycles. The zero-order valence-electron chi connectivity index (χ0n) is 12.1. The number of aromatic carboxylic acids is 1. The molecule has 22 heavy (non-hydrogen) atoms. The van der Waals surface area contributed by atoms with Crippen molar-refractivity contribution in [3.05, 3.63) is 53.1 Å². The smallest absolute Gasteiger partial charge is 0.339 e. The van der Waals surface area contributed by atoms with E-state index in [0.29, 0.717) is 16.9 Å². The maximum Gasteiger partial charge on any atom is 0.339 e. The molecule has 2 aromatic rings. The molecule has 114 valence electrons. The van der Waals surface area contributed by atoms with Crippen LogP contribution in [0.25, 0.3) is 0 Å². The number of carbonyl (C=O) groups is 2. The van der Waals surface area contributed by atoms with Gasteiger partial charge in [-0.15, -0.1) is 0 Å². The van der Waals surface area contributed by atoms with E-state index >= 15 is 0 Å². The molecule has 2 aromatic carbocycles. The lowest BCUT2D eigenvalue weighted by Gasteiger charge is -2.11. The van der Waals surface area contributed by atoms with Crippen molar-refractivity contribution in [2.75, 3.05) is 12.4 Å². The van der Waals surface area contributed by atoms with Crippen molar-refractivity contribution in [3.63, 3.8) is 0 Å². The topological polar surface area (TPSA) is 95.9 Å². The summed E-state index contributed by atoms with van der Waals surface area (Å²) in [7, 11) is 1.46. The Kier molecular flexibility index (Phi) is 4.31. The van der Waals surface area contributed by atoms with Gasteiger partial charge in [0.25, 0.3) is 5.91 Å². The molecule has 0 unspecified atom stereocenters.